The lowest BCUT2D eigenvalue weighted by atomic mass is 10.2. The molecule has 0 unspecified atom stereocenters. The fraction of sp³-hybridized carbons (Fsp3) is 0.158. The van der Waals surface area contributed by atoms with Crippen molar-refractivity contribution in [2.24, 2.45) is 0 Å². The molecule has 0 spiro atoms. The van der Waals surface area contributed by atoms with Crippen LogP contribution in [0.15, 0.2) is 48.5 Å². The number of carbonyl (C=O) groups is 4. The first-order valence-corrected chi connectivity index (χ1v) is 8.52. The van der Waals surface area contributed by atoms with E-state index in [4.69, 9.17) is 9.47 Å². The molecule has 10 nitrogen and oxygen atoms in total. The summed E-state index contributed by atoms with van der Waals surface area (Å²) in [5, 5.41) is 0. The highest BCUT2D eigenvalue weighted by Crippen LogP contribution is 2.12. The Hall–Kier alpha value is -4.08. The van der Waals surface area contributed by atoms with Gasteiger partial charge in [-0.1, -0.05) is 0 Å². The number of ether oxygens (including phenoxy) is 2. The van der Waals surface area contributed by atoms with Crippen LogP contribution in [0.3, 0.4) is 0 Å². The van der Waals surface area contributed by atoms with Crippen molar-refractivity contribution in [3.63, 3.8) is 0 Å². The molecule has 2 aromatic rings. The van der Waals surface area contributed by atoms with E-state index in [1.165, 1.54) is 31.4 Å². The van der Waals surface area contributed by atoms with Gasteiger partial charge < -0.3 is 9.47 Å². The maximum atomic E-state index is 12.0. The van der Waals surface area contributed by atoms with Crippen molar-refractivity contribution in [3.05, 3.63) is 59.7 Å². The number of nitrogens with one attached hydrogen (secondary N) is 4. The molecule has 4 N–H and O–H groups in total. The molecule has 0 bridgehead atoms. The second-order valence-corrected chi connectivity index (χ2v) is 5.50. The maximum Gasteiger partial charge on any atom is 0.329 e. The van der Waals surface area contributed by atoms with Crippen LogP contribution in [0.25, 0.3) is 0 Å². The SMILES string of the molecule is CCOc1ccc(C(=O)NNC(=O)C(=O)NNC(=O)c2ccc(OC)cc2)cc1. The summed E-state index contributed by atoms with van der Waals surface area (Å²) in [7, 11) is 1.49. The van der Waals surface area contributed by atoms with Gasteiger partial charge in [0.15, 0.2) is 0 Å². The smallest absolute Gasteiger partial charge is 0.329 e. The molecule has 0 aromatic heterocycles. The van der Waals surface area contributed by atoms with Gasteiger partial charge in [0.05, 0.1) is 13.7 Å². The van der Waals surface area contributed by atoms with E-state index in [9.17, 15) is 19.2 Å². The number of amides is 4. The number of hydrogen-bond donors (Lipinski definition) is 4. The normalized spacial score (nSPS) is 9.72. The van der Waals surface area contributed by atoms with Crippen LogP contribution in [0.5, 0.6) is 11.5 Å². The van der Waals surface area contributed by atoms with Gasteiger partial charge in [0.25, 0.3) is 11.8 Å². The second-order valence-electron chi connectivity index (χ2n) is 5.50. The lowest BCUT2D eigenvalue weighted by molar-refractivity contribution is -0.140. The van der Waals surface area contributed by atoms with Crippen LogP contribution in [0, 0.1) is 0 Å². The van der Waals surface area contributed by atoms with Crippen LogP contribution >= 0.6 is 0 Å². The fourth-order valence-electron chi connectivity index (χ4n) is 2.10. The molecule has 2 aromatic carbocycles. The molecular formula is C19H20N4O6. The maximum absolute atomic E-state index is 12.0. The topological polar surface area (TPSA) is 135 Å². The average molecular weight is 400 g/mol. The Labute approximate surface area is 166 Å². The fourth-order valence-corrected chi connectivity index (χ4v) is 2.10. The van der Waals surface area contributed by atoms with E-state index in [1.807, 2.05) is 17.8 Å². The summed E-state index contributed by atoms with van der Waals surface area (Å²) in [6.07, 6.45) is 0. The molecule has 0 aliphatic heterocycles. The summed E-state index contributed by atoms with van der Waals surface area (Å²) in [6, 6.07) is 12.3. The van der Waals surface area contributed by atoms with Crippen molar-refractivity contribution in [3.8, 4) is 11.5 Å². The quantitative estimate of drug-likeness (QED) is 0.422. The highest BCUT2D eigenvalue weighted by atomic mass is 16.5. The molecule has 0 atom stereocenters. The van der Waals surface area contributed by atoms with Crippen molar-refractivity contribution in [1.82, 2.24) is 21.7 Å². The van der Waals surface area contributed by atoms with E-state index in [2.05, 4.69) is 10.9 Å². The van der Waals surface area contributed by atoms with Crippen molar-refractivity contribution < 1.29 is 28.7 Å². The molecular weight excluding hydrogens is 380 g/mol. The lowest BCUT2D eigenvalue weighted by Gasteiger charge is -2.09. The zero-order valence-electron chi connectivity index (χ0n) is 15.8. The monoisotopic (exact) mass is 400 g/mol. The zero-order chi connectivity index (χ0) is 21.2. The van der Waals surface area contributed by atoms with Gasteiger partial charge in [0.2, 0.25) is 0 Å². The molecule has 0 saturated carbocycles. The Morgan fingerprint density at radius 3 is 1.48 bits per heavy atom. The first-order chi connectivity index (χ1) is 13.9. The van der Waals surface area contributed by atoms with Crippen LogP contribution in [-0.4, -0.2) is 37.3 Å². The van der Waals surface area contributed by atoms with Crippen molar-refractivity contribution in [1.29, 1.82) is 0 Å². The van der Waals surface area contributed by atoms with Crippen LogP contribution < -0.4 is 31.2 Å². The van der Waals surface area contributed by atoms with Gasteiger partial charge >= 0.3 is 11.8 Å². The Bertz CT molecular complexity index is 881. The van der Waals surface area contributed by atoms with Crippen molar-refractivity contribution in [2.45, 2.75) is 6.92 Å². The Balaban J connectivity index is 1.78. The number of carbonyl (C=O) groups excluding carboxylic acids is 4. The third-order valence-electron chi connectivity index (χ3n) is 3.57. The molecule has 0 heterocycles. The van der Waals surface area contributed by atoms with Gasteiger partial charge in [-0.15, -0.1) is 0 Å². The summed E-state index contributed by atoms with van der Waals surface area (Å²) in [5.74, 6) is -2.44. The minimum Gasteiger partial charge on any atom is -0.497 e. The molecule has 0 fully saturated rings. The number of hydrazine groups is 2. The highest BCUT2D eigenvalue weighted by Gasteiger charge is 2.16. The number of benzene rings is 2. The van der Waals surface area contributed by atoms with Gasteiger partial charge in [-0.3, -0.25) is 40.9 Å². The predicted molar refractivity (Wildman–Crippen MR) is 102 cm³/mol. The van der Waals surface area contributed by atoms with Crippen LogP contribution in [0.2, 0.25) is 0 Å². The second kappa shape index (κ2) is 10.3. The minimum absolute atomic E-state index is 0.246. The van der Waals surface area contributed by atoms with E-state index in [-0.39, 0.29) is 11.1 Å². The molecule has 0 saturated heterocycles. The van der Waals surface area contributed by atoms with Gasteiger partial charge in [-0.05, 0) is 55.5 Å². The first kappa shape index (κ1) is 21.2. The molecule has 0 aliphatic rings. The standard InChI is InChI=1S/C19H20N4O6/c1-3-29-15-10-6-13(7-11-15)17(25)21-23-19(27)18(26)22-20-16(24)12-4-8-14(28-2)9-5-12/h4-11H,3H2,1-2H3,(H,20,24)(H,21,25)(H,22,26)(H,23,27). The van der Waals surface area contributed by atoms with Gasteiger partial charge in [0, 0.05) is 11.1 Å². The summed E-state index contributed by atoms with van der Waals surface area (Å²) in [4.78, 5) is 47.3. The minimum atomic E-state index is -1.17. The third kappa shape index (κ3) is 6.24. The van der Waals surface area contributed by atoms with E-state index in [1.54, 1.807) is 24.3 Å². The van der Waals surface area contributed by atoms with Crippen LogP contribution in [0.4, 0.5) is 0 Å². The molecule has 0 radical (unpaired) electrons. The van der Waals surface area contributed by atoms with Gasteiger partial charge in [0.1, 0.15) is 11.5 Å². The highest BCUT2D eigenvalue weighted by molar-refractivity contribution is 6.35. The summed E-state index contributed by atoms with van der Waals surface area (Å²) in [6.45, 7) is 2.33. The van der Waals surface area contributed by atoms with Crippen LogP contribution in [-0.2, 0) is 9.59 Å². The summed E-state index contributed by atoms with van der Waals surface area (Å²) in [5.41, 5.74) is 8.58. The van der Waals surface area contributed by atoms with E-state index in [0.29, 0.717) is 18.1 Å². The average Bonchev–Trinajstić information content (AvgIpc) is 2.76. The predicted octanol–water partition coefficient (Wildman–Crippen LogP) is 0.316. The third-order valence-corrected chi connectivity index (χ3v) is 3.57. The van der Waals surface area contributed by atoms with E-state index < -0.39 is 23.6 Å². The van der Waals surface area contributed by atoms with E-state index >= 15 is 0 Å². The number of hydrogen-bond acceptors (Lipinski definition) is 6. The Morgan fingerprint density at radius 2 is 1.10 bits per heavy atom. The summed E-state index contributed by atoms with van der Waals surface area (Å²) >= 11 is 0. The molecule has 4 amide bonds. The Morgan fingerprint density at radius 1 is 0.690 bits per heavy atom. The van der Waals surface area contributed by atoms with Gasteiger partial charge in [-0.25, -0.2) is 0 Å². The number of rotatable bonds is 5. The number of methoxy groups -OCH3 is 1. The Kier molecular flexibility index (Phi) is 7.54. The lowest BCUT2D eigenvalue weighted by Crippen LogP contribution is -2.52. The largest absolute Gasteiger partial charge is 0.497 e. The molecule has 2 rings (SSSR count). The van der Waals surface area contributed by atoms with Crippen molar-refractivity contribution in [2.75, 3.05) is 13.7 Å². The first-order valence-electron chi connectivity index (χ1n) is 8.52. The van der Waals surface area contributed by atoms with E-state index in [0.717, 1.165) is 0 Å². The van der Waals surface area contributed by atoms with Gasteiger partial charge in [-0.2, -0.15) is 0 Å². The van der Waals surface area contributed by atoms with Crippen molar-refractivity contribution >= 4 is 23.6 Å². The molecule has 152 valence electrons. The molecule has 0 aliphatic carbocycles. The summed E-state index contributed by atoms with van der Waals surface area (Å²) < 4.78 is 10.2. The molecule has 29 heavy (non-hydrogen) atoms. The van der Waals surface area contributed by atoms with Crippen LogP contribution in [0.1, 0.15) is 27.6 Å². The molecule has 10 heteroatoms. The zero-order valence-corrected chi connectivity index (χ0v) is 15.8.